The molecule has 0 radical (unpaired) electrons. The Kier molecular flexibility index (Phi) is 3.62. The lowest BCUT2D eigenvalue weighted by molar-refractivity contribution is 0.0519. The Morgan fingerprint density at radius 3 is 2.78 bits per heavy atom. The summed E-state index contributed by atoms with van der Waals surface area (Å²) < 4.78 is 9.93. The van der Waals surface area contributed by atoms with E-state index in [1.165, 1.54) is 0 Å². The first-order chi connectivity index (χ1) is 8.65. The summed E-state index contributed by atoms with van der Waals surface area (Å²) in [6, 6.07) is 5.14. The molecule has 0 spiro atoms. The molecule has 1 aromatic carbocycles. The van der Waals surface area contributed by atoms with Gasteiger partial charge in [0.2, 0.25) is 0 Å². The Morgan fingerprint density at radius 2 is 2.11 bits per heavy atom. The zero-order valence-corrected chi connectivity index (χ0v) is 10.7. The molecule has 0 aliphatic carbocycles. The summed E-state index contributed by atoms with van der Waals surface area (Å²) in [5.74, 6) is 0.0736. The summed E-state index contributed by atoms with van der Waals surface area (Å²) in [4.78, 5) is 19.9. The van der Waals surface area contributed by atoms with Crippen LogP contribution in [0.5, 0.6) is 5.75 Å². The minimum atomic E-state index is -0.576. The molecule has 0 bridgehead atoms. The van der Waals surface area contributed by atoms with Crippen molar-refractivity contribution in [3.63, 3.8) is 0 Å². The second kappa shape index (κ2) is 5.18. The van der Waals surface area contributed by atoms with Crippen LogP contribution in [0, 0.1) is 0 Å². The second-order valence-corrected chi connectivity index (χ2v) is 3.80. The third-order valence-corrected chi connectivity index (χ3v) is 2.56. The minimum Gasteiger partial charge on any atom is -0.497 e. The maximum Gasteiger partial charge on any atom is 0.360 e. The average molecular weight is 267 g/mol. The Balaban J connectivity index is 2.52. The van der Waals surface area contributed by atoms with Crippen LogP contribution in [0.1, 0.15) is 17.4 Å². The fourth-order valence-electron chi connectivity index (χ4n) is 1.47. The first-order valence-electron chi connectivity index (χ1n) is 5.34. The number of ether oxygens (including phenoxy) is 2. The molecular weight excluding hydrogens is 256 g/mol. The number of carbonyl (C=O) groups excluding carboxylic acids is 1. The number of esters is 1. The first kappa shape index (κ1) is 12.6. The highest BCUT2D eigenvalue weighted by Crippen LogP contribution is 2.21. The smallest absolute Gasteiger partial charge is 0.360 e. The van der Waals surface area contributed by atoms with E-state index in [0.29, 0.717) is 16.8 Å². The summed E-state index contributed by atoms with van der Waals surface area (Å²) in [5.41, 5.74) is 1.15. The van der Waals surface area contributed by atoms with Gasteiger partial charge in [-0.05, 0) is 19.1 Å². The predicted molar refractivity (Wildman–Crippen MR) is 67.1 cm³/mol. The van der Waals surface area contributed by atoms with Crippen LogP contribution in [0.25, 0.3) is 11.0 Å². The molecule has 0 fully saturated rings. The van der Waals surface area contributed by atoms with Crippen LogP contribution < -0.4 is 4.74 Å². The molecule has 2 rings (SSSR count). The minimum absolute atomic E-state index is 0.0224. The number of aromatic nitrogens is 2. The molecule has 2 aromatic rings. The van der Waals surface area contributed by atoms with Crippen molar-refractivity contribution in [3.8, 4) is 5.75 Å². The number of benzene rings is 1. The maximum atomic E-state index is 11.6. The van der Waals surface area contributed by atoms with Crippen LogP contribution >= 0.6 is 11.6 Å². The number of fused-ring (bicyclic) bond motifs is 1. The predicted octanol–water partition coefficient (Wildman–Crippen LogP) is 2.47. The zero-order chi connectivity index (χ0) is 13.1. The highest BCUT2D eigenvalue weighted by molar-refractivity contribution is 6.32. The van der Waals surface area contributed by atoms with E-state index in [0.717, 1.165) is 0 Å². The van der Waals surface area contributed by atoms with Crippen LogP contribution in [0.15, 0.2) is 18.2 Å². The zero-order valence-electron chi connectivity index (χ0n) is 9.94. The van der Waals surface area contributed by atoms with Gasteiger partial charge in [-0.1, -0.05) is 11.6 Å². The molecule has 0 saturated heterocycles. The van der Waals surface area contributed by atoms with Gasteiger partial charge in [0.15, 0.2) is 10.8 Å². The van der Waals surface area contributed by atoms with E-state index >= 15 is 0 Å². The second-order valence-electron chi connectivity index (χ2n) is 3.44. The number of halogens is 1. The number of rotatable bonds is 3. The average Bonchev–Trinajstić information content (AvgIpc) is 2.37. The number of hydrogen-bond donors (Lipinski definition) is 0. The van der Waals surface area contributed by atoms with Gasteiger partial charge in [0.05, 0.1) is 24.8 Å². The van der Waals surface area contributed by atoms with Gasteiger partial charge < -0.3 is 9.47 Å². The molecule has 1 aromatic heterocycles. The van der Waals surface area contributed by atoms with Crippen molar-refractivity contribution in [2.24, 2.45) is 0 Å². The Labute approximate surface area is 109 Å². The maximum absolute atomic E-state index is 11.6. The number of methoxy groups -OCH3 is 1. The normalized spacial score (nSPS) is 10.4. The van der Waals surface area contributed by atoms with Gasteiger partial charge in [-0.25, -0.2) is 14.8 Å². The summed E-state index contributed by atoms with van der Waals surface area (Å²) >= 11 is 5.91. The van der Waals surface area contributed by atoms with Crippen LogP contribution in [0.3, 0.4) is 0 Å². The highest BCUT2D eigenvalue weighted by Gasteiger charge is 2.16. The molecule has 0 saturated carbocycles. The number of hydrogen-bond acceptors (Lipinski definition) is 5. The molecule has 94 valence electrons. The van der Waals surface area contributed by atoms with Crippen molar-refractivity contribution in [1.29, 1.82) is 0 Å². The van der Waals surface area contributed by atoms with Crippen molar-refractivity contribution in [2.75, 3.05) is 13.7 Å². The molecule has 0 unspecified atom stereocenters. The van der Waals surface area contributed by atoms with Gasteiger partial charge in [0, 0.05) is 6.07 Å². The molecule has 0 N–H and O–H groups in total. The monoisotopic (exact) mass is 266 g/mol. The van der Waals surface area contributed by atoms with Gasteiger partial charge in [-0.2, -0.15) is 0 Å². The summed E-state index contributed by atoms with van der Waals surface area (Å²) in [6.07, 6.45) is 0. The van der Waals surface area contributed by atoms with Crippen molar-refractivity contribution in [3.05, 3.63) is 29.0 Å². The van der Waals surface area contributed by atoms with Crippen molar-refractivity contribution in [2.45, 2.75) is 6.92 Å². The lowest BCUT2D eigenvalue weighted by atomic mass is 10.2. The Hall–Kier alpha value is -1.88. The molecular formula is C12H11ClN2O3. The lowest BCUT2D eigenvalue weighted by Crippen LogP contribution is -2.09. The Bertz CT molecular complexity index is 601. The van der Waals surface area contributed by atoms with Gasteiger partial charge in [0.25, 0.3) is 0 Å². The fraction of sp³-hybridized carbons (Fsp3) is 0.250. The van der Waals surface area contributed by atoms with Crippen LogP contribution in [0.2, 0.25) is 5.15 Å². The molecule has 18 heavy (non-hydrogen) atoms. The number of carbonyl (C=O) groups is 1. The van der Waals surface area contributed by atoms with Crippen molar-refractivity contribution >= 4 is 28.6 Å². The third kappa shape index (κ3) is 2.36. The van der Waals surface area contributed by atoms with Gasteiger partial charge in [0.1, 0.15) is 5.75 Å². The van der Waals surface area contributed by atoms with E-state index < -0.39 is 5.97 Å². The van der Waals surface area contributed by atoms with E-state index in [4.69, 9.17) is 21.1 Å². The van der Waals surface area contributed by atoms with Gasteiger partial charge in [-0.15, -0.1) is 0 Å². The van der Waals surface area contributed by atoms with Gasteiger partial charge >= 0.3 is 5.97 Å². The highest BCUT2D eigenvalue weighted by atomic mass is 35.5. The Morgan fingerprint density at radius 1 is 1.33 bits per heavy atom. The fourth-order valence-corrected chi connectivity index (χ4v) is 1.68. The molecule has 6 heteroatoms. The van der Waals surface area contributed by atoms with Crippen LogP contribution in [-0.4, -0.2) is 29.7 Å². The molecule has 0 aliphatic rings. The van der Waals surface area contributed by atoms with Crippen molar-refractivity contribution < 1.29 is 14.3 Å². The molecule has 1 heterocycles. The molecule has 5 nitrogen and oxygen atoms in total. The topological polar surface area (TPSA) is 61.3 Å². The molecule has 0 aliphatic heterocycles. The third-order valence-electron chi connectivity index (χ3n) is 2.30. The van der Waals surface area contributed by atoms with Gasteiger partial charge in [-0.3, -0.25) is 0 Å². The van der Waals surface area contributed by atoms with E-state index in [-0.39, 0.29) is 17.5 Å². The largest absolute Gasteiger partial charge is 0.497 e. The van der Waals surface area contributed by atoms with E-state index in [1.54, 1.807) is 32.2 Å². The van der Waals surface area contributed by atoms with Crippen molar-refractivity contribution in [1.82, 2.24) is 9.97 Å². The van der Waals surface area contributed by atoms with Crippen LogP contribution in [-0.2, 0) is 4.74 Å². The number of nitrogens with zero attached hydrogens (tertiary/aromatic N) is 2. The van der Waals surface area contributed by atoms with E-state index in [9.17, 15) is 4.79 Å². The quantitative estimate of drug-likeness (QED) is 0.799. The first-order valence-corrected chi connectivity index (χ1v) is 5.72. The summed E-state index contributed by atoms with van der Waals surface area (Å²) in [7, 11) is 1.56. The lowest BCUT2D eigenvalue weighted by Gasteiger charge is -2.05. The van der Waals surface area contributed by atoms with E-state index in [2.05, 4.69) is 9.97 Å². The van der Waals surface area contributed by atoms with Crippen LogP contribution in [0.4, 0.5) is 0 Å². The SMILES string of the molecule is CCOC(=O)c1nc2ccc(OC)cc2nc1Cl. The summed E-state index contributed by atoms with van der Waals surface area (Å²) in [6.45, 7) is 1.97. The summed E-state index contributed by atoms with van der Waals surface area (Å²) in [5, 5.41) is 0.0224. The molecule has 0 amide bonds. The van der Waals surface area contributed by atoms with E-state index in [1.807, 2.05) is 0 Å². The standard InChI is InChI=1S/C12H11ClN2O3/c1-3-18-12(16)10-11(13)15-9-6-7(17-2)4-5-8(9)14-10/h4-6H,3H2,1-2H3. The molecule has 0 atom stereocenters.